The Bertz CT molecular complexity index is 170. The fourth-order valence-corrected chi connectivity index (χ4v) is 0.624. The van der Waals surface area contributed by atoms with Crippen LogP contribution in [0.2, 0.25) is 5.15 Å². The lowest BCUT2D eigenvalue weighted by Gasteiger charge is -1.87. The van der Waals surface area contributed by atoms with E-state index in [1.807, 2.05) is 6.92 Å². The molecule has 0 amide bonds. The van der Waals surface area contributed by atoms with Gasteiger partial charge in [0.1, 0.15) is 11.5 Å². The van der Waals surface area contributed by atoms with Crippen LogP contribution in [0.4, 0.5) is 0 Å². The summed E-state index contributed by atoms with van der Waals surface area (Å²) in [5.74, 6) is 0. The molecule has 2 nitrogen and oxygen atoms in total. The van der Waals surface area contributed by atoms with Crippen molar-refractivity contribution < 1.29 is 0 Å². The Morgan fingerprint density at radius 1 is 1.50 bits per heavy atom. The average molecular weight is 132 g/mol. The van der Waals surface area contributed by atoms with Gasteiger partial charge >= 0.3 is 0 Å². The zero-order valence-electron chi connectivity index (χ0n) is 4.43. The number of aryl methyl sites for hydroxylation is 1. The first-order chi connectivity index (χ1) is 3.79. The Labute approximate surface area is 52.5 Å². The molecule has 1 aromatic rings. The predicted octanol–water partition coefficient (Wildman–Crippen LogP) is 1.44. The lowest BCUT2D eigenvalue weighted by atomic mass is 11.1. The monoisotopic (exact) mass is 131 g/mol. The minimum absolute atomic E-state index is 0.498. The highest BCUT2D eigenvalue weighted by Gasteiger charge is 1.85. The van der Waals surface area contributed by atoms with Gasteiger partial charge in [-0.25, -0.2) is 9.97 Å². The molecule has 0 spiro atoms. The molecule has 0 fully saturated rings. The van der Waals surface area contributed by atoms with E-state index in [0.29, 0.717) is 5.15 Å². The molecule has 0 aliphatic rings. The largest absolute Gasteiger partial charge is 0.242 e. The van der Waals surface area contributed by atoms with Crippen molar-refractivity contribution in [1.29, 1.82) is 0 Å². The maximum Gasteiger partial charge on any atom is 0.132 e. The molecule has 1 aromatic heterocycles. The van der Waals surface area contributed by atoms with Crippen molar-refractivity contribution in [3.63, 3.8) is 0 Å². The first kappa shape index (κ1) is 5.51. The van der Waals surface area contributed by atoms with Crippen LogP contribution in [0.5, 0.6) is 0 Å². The van der Waals surface area contributed by atoms with Crippen LogP contribution in [-0.4, -0.2) is 9.97 Å². The molecule has 0 radical (unpaired) electrons. The van der Waals surface area contributed by atoms with Crippen LogP contribution in [0, 0.1) is 6.92 Å². The lowest BCUT2D eigenvalue weighted by molar-refractivity contribution is 1.10. The van der Waals surface area contributed by atoms with Gasteiger partial charge in [-0.15, -0.1) is 0 Å². The van der Waals surface area contributed by atoms with Crippen LogP contribution in [-0.2, 0) is 0 Å². The molecule has 0 aliphatic heterocycles. The molecule has 0 aliphatic carbocycles. The van der Waals surface area contributed by atoms with Gasteiger partial charge in [0.25, 0.3) is 0 Å². The standard InChI is InChI=1S/C5H5ClN2/c1-4-2-5(6)8-3-7-4/h2-3H,1H3/i2+1,4+1,5+1. The van der Waals surface area contributed by atoms with Crippen LogP contribution >= 0.6 is 11.6 Å². The molecule has 42 valence electrons. The highest BCUT2D eigenvalue weighted by atomic mass is 35.5. The molecule has 0 atom stereocenters. The Morgan fingerprint density at radius 2 is 2.25 bits per heavy atom. The first-order valence-corrected chi connectivity index (χ1v) is 2.61. The van der Waals surface area contributed by atoms with Gasteiger partial charge in [-0.2, -0.15) is 0 Å². The Balaban J connectivity index is 3.08. The summed E-state index contributed by atoms with van der Waals surface area (Å²) in [7, 11) is 0. The van der Waals surface area contributed by atoms with Crippen molar-refractivity contribution in [3.05, 3.63) is 23.2 Å². The molecule has 0 bridgehead atoms. The second-order valence-electron chi connectivity index (χ2n) is 1.48. The normalized spacial score (nSPS) is 9.25. The van der Waals surface area contributed by atoms with Crippen LogP contribution in [0.15, 0.2) is 12.4 Å². The average Bonchev–Trinajstić information content (AvgIpc) is 1.64. The summed E-state index contributed by atoms with van der Waals surface area (Å²) in [6.45, 7) is 1.87. The fourth-order valence-electron chi connectivity index (χ4n) is 0.422. The number of halogens is 1. The van der Waals surface area contributed by atoms with E-state index < -0.39 is 0 Å². The molecule has 3 heteroatoms. The number of rotatable bonds is 0. The van der Waals surface area contributed by atoms with Gasteiger partial charge in [-0.3, -0.25) is 0 Å². The highest BCUT2D eigenvalue weighted by molar-refractivity contribution is 6.29. The van der Waals surface area contributed by atoms with E-state index in [1.165, 1.54) is 6.33 Å². The van der Waals surface area contributed by atoms with Crippen molar-refractivity contribution in [2.45, 2.75) is 6.92 Å². The van der Waals surface area contributed by atoms with E-state index in [9.17, 15) is 0 Å². The molecule has 0 saturated carbocycles. The third kappa shape index (κ3) is 1.17. The molecule has 8 heavy (non-hydrogen) atoms. The number of hydrogen-bond acceptors (Lipinski definition) is 2. The van der Waals surface area contributed by atoms with E-state index in [4.69, 9.17) is 11.6 Å². The third-order valence-corrected chi connectivity index (χ3v) is 0.977. The smallest absolute Gasteiger partial charge is 0.132 e. The fraction of sp³-hybridized carbons (Fsp3) is 0.200. The molecule has 0 N–H and O–H groups in total. The van der Waals surface area contributed by atoms with Gasteiger partial charge < -0.3 is 0 Å². The van der Waals surface area contributed by atoms with Crippen LogP contribution in [0.1, 0.15) is 5.69 Å². The summed E-state index contributed by atoms with van der Waals surface area (Å²) < 4.78 is 0. The van der Waals surface area contributed by atoms with E-state index in [-0.39, 0.29) is 0 Å². The minimum atomic E-state index is 0.498. The Hall–Kier alpha value is -0.630. The van der Waals surface area contributed by atoms with E-state index >= 15 is 0 Å². The molecule has 0 unspecified atom stereocenters. The van der Waals surface area contributed by atoms with Crippen molar-refractivity contribution in [2.24, 2.45) is 0 Å². The van der Waals surface area contributed by atoms with Gasteiger partial charge in [0, 0.05) is 5.69 Å². The molecule has 1 heterocycles. The van der Waals surface area contributed by atoms with Gasteiger partial charge in [0.2, 0.25) is 0 Å². The summed E-state index contributed by atoms with van der Waals surface area (Å²) >= 11 is 5.49. The first-order valence-electron chi connectivity index (χ1n) is 2.23. The summed E-state index contributed by atoms with van der Waals surface area (Å²) in [5.41, 5.74) is 0.894. The van der Waals surface area contributed by atoms with Crippen molar-refractivity contribution in [3.8, 4) is 0 Å². The summed E-state index contributed by atoms with van der Waals surface area (Å²) in [4.78, 5) is 7.54. The molecule has 1 rings (SSSR count). The number of nitrogens with zero attached hydrogens (tertiary/aromatic N) is 2. The van der Waals surface area contributed by atoms with Gasteiger partial charge in [-0.05, 0) is 13.0 Å². The predicted molar refractivity (Wildman–Crippen MR) is 31.8 cm³/mol. The topological polar surface area (TPSA) is 25.8 Å². The zero-order chi connectivity index (χ0) is 5.98. The number of hydrogen-bond donors (Lipinski definition) is 0. The molecular formula is C5H5ClN2. The number of aromatic nitrogens is 2. The quantitative estimate of drug-likeness (QED) is 0.498. The highest BCUT2D eigenvalue weighted by Crippen LogP contribution is 2.01. The lowest BCUT2D eigenvalue weighted by Crippen LogP contribution is -1.80. The van der Waals surface area contributed by atoms with Crippen molar-refractivity contribution in [1.82, 2.24) is 9.97 Å². The van der Waals surface area contributed by atoms with Gasteiger partial charge in [-0.1, -0.05) is 11.6 Å². The van der Waals surface area contributed by atoms with E-state index in [1.54, 1.807) is 6.07 Å². The third-order valence-electron chi connectivity index (χ3n) is 0.770. The van der Waals surface area contributed by atoms with Gasteiger partial charge in [0.05, 0.1) is 0 Å². The van der Waals surface area contributed by atoms with Crippen molar-refractivity contribution in [2.75, 3.05) is 0 Å². The van der Waals surface area contributed by atoms with Gasteiger partial charge in [0.15, 0.2) is 0 Å². The van der Waals surface area contributed by atoms with Crippen LogP contribution < -0.4 is 0 Å². The summed E-state index contributed by atoms with van der Waals surface area (Å²) in [6, 6.07) is 1.71. The maximum atomic E-state index is 5.49. The van der Waals surface area contributed by atoms with E-state index in [2.05, 4.69) is 9.97 Å². The van der Waals surface area contributed by atoms with Crippen LogP contribution in [0.25, 0.3) is 0 Å². The van der Waals surface area contributed by atoms with Crippen LogP contribution in [0.3, 0.4) is 0 Å². The second-order valence-corrected chi connectivity index (χ2v) is 1.87. The molecule has 0 saturated heterocycles. The van der Waals surface area contributed by atoms with Crippen molar-refractivity contribution >= 4 is 11.6 Å². The maximum absolute atomic E-state index is 5.49. The SMILES string of the molecule is C[13c]1[13cH][13c](Cl)ncn1. The molecule has 0 aromatic carbocycles. The van der Waals surface area contributed by atoms with E-state index in [0.717, 1.165) is 5.69 Å². The second kappa shape index (κ2) is 2.09. The minimum Gasteiger partial charge on any atom is -0.242 e. The summed E-state index contributed by atoms with van der Waals surface area (Å²) in [5, 5.41) is 0.498. The summed E-state index contributed by atoms with van der Waals surface area (Å²) in [6.07, 6.45) is 1.44. The molecular weight excluding hydrogens is 126 g/mol. The zero-order valence-corrected chi connectivity index (χ0v) is 5.18. The Morgan fingerprint density at radius 3 is 2.62 bits per heavy atom. The Kier molecular flexibility index (Phi) is 1.44.